The number of nitrogens with one attached hydrogen (secondary N) is 1. The van der Waals surface area contributed by atoms with Gasteiger partial charge in [0.1, 0.15) is 0 Å². The smallest absolute Gasteiger partial charge is 0.00940 e. The number of allylic oxidation sites excluding steroid dienone is 1. The Balaban J connectivity index is 1.99. The molecule has 0 amide bonds. The predicted octanol–water partition coefficient (Wildman–Crippen LogP) is 2.81. The van der Waals surface area contributed by atoms with E-state index in [-0.39, 0.29) is 0 Å². The van der Waals surface area contributed by atoms with E-state index >= 15 is 0 Å². The first kappa shape index (κ1) is 13.7. The van der Waals surface area contributed by atoms with Crippen LogP contribution in [0.4, 0.5) is 0 Å². The van der Waals surface area contributed by atoms with Gasteiger partial charge in [0.2, 0.25) is 0 Å². The maximum Gasteiger partial charge on any atom is 0.00940 e. The van der Waals surface area contributed by atoms with Crippen molar-refractivity contribution in [1.29, 1.82) is 0 Å². The summed E-state index contributed by atoms with van der Waals surface area (Å²) in [7, 11) is 2.23. The quantitative estimate of drug-likeness (QED) is 0.528. The van der Waals surface area contributed by atoms with Crippen molar-refractivity contribution < 1.29 is 0 Å². The van der Waals surface area contributed by atoms with E-state index in [1.54, 1.807) is 0 Å². The van der Waals surface area contributed by atoms with Crippen LogP contribution < -0.4 is 5.32 Å². The lowest BCUT2D eigenvalue weighted by Crippen LogP contribution is -2.45. The zero-order chi connectivity index (χ0) is 11.8. The zero-order valence-electron chi connectivity index (χ0n) is 11.0. The number of hydrogen-bond acceptors (Lipinski definition) is 2. The zero-order valence-corrected chi connectivity index (χ0v) is 11.0. The standard InChI is InChI=1S/C14H28N2/c1-4-5-6-7-8-10-15-14-9-11-16(3)13(2)12-14/h4,13-15H,1,5-12H2,2-3H3. The van der Waals surface area contributed by atoms with Gasteiger partial charge in [-0.25, -0.2) is 0 Å². The van der Waals surface area contributed by atoms with E-state index in [2.05, 4.69) is 30.8 Å². The van der Waals surface area contributed by atoms with Crippen LogP contribution in [0.15, 0.2) is 12.7 Å². The second-order valence-corrected chi connectivity index (χ2v) is 5.14. The summed E-state index contributed by atoms with van der Waals surface area (Å²) in [4.78, 5) is 2.46. The molecular weight excluding hydrogens is 196 g/mol. The lowest BCUT2D eigenvalue weighted by atomic mass is 9.99. The highest BCUT2D eigenvalue weighted by molar-refractivity contribution is 4.80. The highest BCUT2D eigenvalue weighted by atomic mass is 15.1. The van der Waals surface area contributed by atoms with E-state index < -0.39 is 0 Å². The van der Waals surface area contributed by atoms with Crippen molar-refractivity contribution in [2.75, 3.05) is 20.1 Å². The molecule has 2 nitrogen and oxygen atoms in total. The molecule has 1 fully saturated rings. The maximum atomic E-state index is 3.75. The molecule has 0 aromatic heterocycles. The monoisotopic (exact) mass is 224 g/mol. The number of rotatable bonds is 7. The topological polar surface area (TPSA) is 15.3 Å². The minimum absolute atomic E-state index is 0.743. The summed E-state index contributed by atoms with van der Waals surface area (Å²) in [5.74, 6) is 0. The van der Waals surface area contributed by atoms with Crippen molar-refractivity contribution in [2.24, 2.45) is 0 Å². The molecule has 1 aliphatic rings. The Morgan fingerprint density at radius 1 is 1.38 bits per heavy atom. The fourth-order valence-electron chi connectivity index (χ4n) is 2.37. The summed E-state index contributed by atoms with van der Waals surface area (Å²) < 4.78 is 0. The highest BCUT2D eigenvalue weighted by Gasteiger charge is 2.21. The van der Waals surface area contributed by atoms with Crippen molar-refractivity contribution in [2.45, 2.75) is 57.5 Å². The third-order valence-corrected chi connectivity index (χ3v) is 3.73. The Labute approximate surface area is 101 Å². The van der Waals surface area contributed by atoms with Gasteiger partial charge in [0.15, 0.2) is 0 Å². The average Bonchev–Trinajstić information content (AvgIpc) is 2.28. The van der Waals surface area contributed by atoms with Gasteiger partial charge in [0.05, 0.1) is 0 Å². The van der Waals surface area contributed by atoms with E-state index in [9.17, 15) is 0 Å². The second kappa shape index (κ2) is 7.86. The molecule has 2 heteroatoms. The third-order valence-electron chi connectivity index (χ3n) is 3.73. The van der Waals surface area contributed by atoms with Gasteiger partial charge in [-0.2, -0.15) is 0 Å². The average molecular weight is 224 g/mol. The van der Waals surface area contributed by atoms with Gasteiger partial charge in [-0.1, -0.05) is 12.5 Å². The molecule has 1 aliphatic heterocycles. The Bertz CT molecular complexity index is 191. The molecule has 0 aliphatic carbocycles. The Hall–Kier alpha value is -0.340. The Kier molecular flexibility index (Phi) is 6.74. The predicted molar refractivity (Wildman–Crippen MR) is 71.8 cm³/mol. The molecular formula is C14H28N2. The highest BCUT2D eigenvalue weighted by Crippen LogP contribution is 2.15. The van der Waals surface area contributed by atoms with Crippen molar-refractivity contribution in [3.8, 4) is 0 Å². The Morgan fingerprint density at radius 2 is 2.19 bits per heavy atom. The molecule has 1 saturated heterocycles. The first-order valence-corrected chi connectivity index (χ1v) is 6.78. The maximum absolute atomic E-state index is 3.75. The number of piperidine rings is 1. The molecule has 0 radical (unpaired) electrons. The van der Waals surface area contributed by atoms with Crippen LogP contribution in [0.2, 0.25) is 0 Å². The molecule has 16 heavy (non-hydrogen) atoms. The fourth-order valence-corrected chi connectivity index (χ4v) is 2.37. The summed E-state index contributed by atoms with van der Waals surface area (Å²) in [6.07, 6.45) is 9.76. The molecule has 0 aromatic rings. The van der Waals surface area contributed by atoms with Crippen LogP contribution in [0, 0.1) is 0 Å². The normalized spacial score (nSPS) is 26.9. The van der Waals surface area contributed by atoms with Crippen molar-refractivity contribution in [3.05, 3.63) is 12.7 Å². The van der Waals surface area contributed by atoms with Crippen LogP contribution in [-0.2, 0) is 0 Å². The van der Waals surface area contributed by atoms with Crippen molar-refractivity contribution >= 4 is 0 Å². The van der Waals surface area contributed by atoms with Crippen LogP contribution in [0.1, 0.15) is 45.4 Å². The molecule has 0 aromatic carbocycles. The van der Waals surface area contributed by atoms with Gasteiger partial charge in [-0.05, 0) is 59.2 Å². The van der Waals surface area contributed by atoms with Crippen LogP contribution >= 0.6 is 0 Å². The van der Waals surface area contributed by atoms with E-state index in [1.165, 1.54) is 51.6 Å². The van der Waals surface area contributed by atoms with Gasteiger partial charge in [-0.3, -0.25) is 0 Å². The molecule has 0 saturated carbocycles. The minimum Gasteiger partial charge on any atom is -0.314 e. The summed E-state index contributed by atoms with van der Waals surface area (Å²) in [6.45, 7) is 8.52. The van der Waals surface area contributed by atoms with E-state index in [0.29, 0.717) is 0 Å². The van der Waals surface area contributed by atoms with E-state index in [1.807, 2.05) is 6.08 Å². The van der Waals surface area contributed by atoms with Gasteiger partial charge >= 0.3 is 0 Å². The molecule has 1 heterocycles. The third kappa shape index (κ3) is 5.13. The molecule has 0 bridgehead atoms. The van der Waals surface area contributed by atoms with Crippen molar-refractivity contribution in [3.63, 3.8) is 0 Å². The summed E-state index contributed by atoms with van der Waals surface area (Å²) in [6, 6.07) is 1.50. The number of hydrogen-bond donors (Lipinski definition) is 1. The van der Waals surface area contributed by atoms with Gasteiger partial charge in [0, 0.05) is 12.1 Å². The van der Waals surface area contributed by atoms with Crippen LogP contribution in [0.3, 0.4) is 0 Å². The van der Waals surface area contributed by atoms with Gasteiger partial charge in [-0.15, -0.1) is 6.58 Å². The Morgan fingerprint density at radius 3 is 2.88 bits per heavy atom. The number of nitrogens with zero attached hydrogens (tertiary/aromatic N) is 1. The fraction of sp³-hybridized carbons (Fsp3) is 0.857. The van der Waals surface area contributed by atoms with E-state index in [4.69, 9.17) is 0 Å². The SMILES string of the molecule is C=CCCCCCNC1CCN(C)C(C)C1. The first-order valence-electron chi connectivity index (χ1n) is 6.78. The minimum atomic E-state index is 0.743. The summed E-state index contributed by atoms with van der Waals surface area (Å²) in [5.41, 5.74) is 0. The second-order valence-electron chi connectivity index (χ2n) is 5.14. The lowest BCUT2D eigenvalue weighted by molar-refractivity contribution is 0.168. The van der Waals surface area contributed by atoms with Gasteiger partial charge < -0.3 is 10.2 Å². The number of unbranched alkanes of at least 4 members (excludes halogenated alkanes) is 3. The number of likely N-dealkylation sites (tertiary alicyclic amines) is 1. The van der Waals surface area contributed by atoms with Crippen molar-refractivity contribution in [1.82, 2.24) is 10.2 Å². The molecule has 1 rings (SSSR count). The molecule has 2 unspecified atom stereocenters. The molecule has 2 atom stereocenters. The van der Waals surface area contributed by atoms with Gasteiger partial charge in [0.25, 0.3) is 0 Å². The van der Waals surface area contributed by atoms with Crippen LogP contribution in [-0.4, -0.2) is 37.1 Å². The van der Waals surface area contributed by atoms with Crippen LogP contribution in [0.25, 0.3) is 0 Å². The summed E-state index contributed by atoms with van der Waals surface area (Å²) in [5, 5.41) is 3.70. The van der Waals surface area contributed by atoms with Crippen LogP contribution in [0.5, 0.6) is 0 Å². The molecule has 0 spiro atoms. The van der Waals surface area contributed by atoms with E-state index in [0.717, 1.165) is 12.1 Å². The first-order chi connectivity index (χ1) is 7.74. The molecule has 1 N–H and O–H groups in total. The largest absolute Gasteiger partial charge is 0.314 e. The lowest BCUT2D eigenvalue weighted by Gasteiger charge is -2.35. The molecule has 94 valence electrons. The summed E-state index contributed by atoms with van der Waals surface area (Å²) >= 11 is 0.